The molecule has 4 aromatic rings. The third-order valence-electron chi connectivity index (χ3n) is 3.63. The highest BCUT2D eigenvalue weighted by Crippen LogP contribution is 2.28. The standard InChI is InChI=1S/C19H14N2O/c20-16-8-4-7-15(11-16)19-21-17-12-14(9-10-18(17)22-19)13-5-2-1-3-6-13/h1-12H,20H2. The highest BCUT2D eigenvalue weighted by Gasteiger charge is 2.09. The number of nitrogens with zero attached hydrogens (tertiary/aromatic N) is 1. The van der Waals surface area contributed by atoms with Crippen molar-refractivity contribution in [3.63, 3.8) is 0 Å². The first kappa shape index (κ1) is 12.7. The van der Waals surface area contributed by atoms with Gasteiger partial charge in [-0.15, -0.1) is 0 Å². The van der Waals surface area contributed by atoms with E-state index >= 15 is 0 Å². The minimum absolute atomic E-state index is 0.590. The largest absolute Gasteiger partial charge is 0.436 e. The van der Waals surface area contributed by atoms with Crippen LogP contribution in [-0.4, -0.2) is 4.98 Å². The minimum atomic E-state index is 0.590. The van der Waals surface area contributed by atoms with Crippen molar-refractivity contribution >= 4 is 16.8 Å². The van der Waals surface area contributed by atoms with E-state index < -0.39 is 0 Å². The maximum Gasteiger partial charge on any atom is 0.227 e. The predicted molar refractivity (Wildman–Crippen MR) is 89.3 cm³/mol. The second-order valence-electron chi connectivity index (χ2n) is 5.19. The number of nitrogen functional groups attached to an aromatic ring is 1. The van der Waals surface area contributed by atoms with Crippen LogP contribution < -0.4 is 5.73 Å². The number of oxazole rings is 1. The van der Waals surface area contributed by atoms with Crippen molar-refractivity contribution in [3.05, 3.63) is 72.8 Å². The summed E-state index contributed by atoms with van der Waals surface area (Å²) in [6.45, 7) is 0. The summed E-state index contributed by atoms with van der Waals surface area (Å²) in [7, 11) is 0. The molecule has 4 rings (SSSR count). The summed E-state index contributed by atoms with van der Waals surface area (Å²) < 4.78 is 5.83. The van der Waals surface area contributed by atoms with Gasteiger partial charge in [0.1, 0.15) is 5.52 Å². The van der Waals surface area contributed by atoms with E-state index in [1.165, 1.54) is 0 Å². The van der Waals surface area contributed by atoms with Crippen LogP contribution in [-0.2, 0) is 0 Å². The van der Waals surface area contributed by atoms with Crippen molar-refractivity contribution < 1.29 is 4.42 Å². The van der Waals surface area contributed by atoms with Crippen LogP contribution in [0.4, 0.5) is 5.69 Å². The molecule has 1 heterocycles. The zero-order chi connectivity index (χ0) is 14.9. The van der Waals surface area contributed by atoms with Gasteiger partial charge in [0, 0.05) is 11.3 Å². The van der Waals surface area contributed by atoms with Gasteiger partial charge in [-0.05, 0) is 41.5 Å². The minimum Gasteiger partial charge on any atom is -0.436 e. The topological polar surface area (TPSA) is 52.0 Å². The van der Waals surface area contributed by atoms with E-state index in [2.05, 4.69) is 17.1 Å². The molecule has 0 amide bonds. The Balaban J connectivity index is 1.82. The number of nitrogens with two attached hydrogens (primary N) is 1. The number of anilines is 1. The third kappa shape index (κ3) is 2.23. The van der Waals surface area contributed by atoms with Gasteiger partial charge in [-0.25, -0.2) is 4.98 Å². The van der Waals surface area contributed by atoms with Crippen molar-refractivity contribution in [1.82, 2.24) is 4.98 Å². The van der Waals surface area contributed by atoms with Crippen LogP contribution in [0.5, 0.6) is 0 Å². The highest BCUT2D eigenvalue weighted by molar-refractivity contribution is 5.82. The third-order valence-corrected chi connectivity index (χ3v) is 3.63. The van der Waals surface area contributed by atoms with E-state index in [0.29, 0.717) is 11.6 Å². The van der Waals surface area contributed by atoms with Gasteiger partial charge < -0.3 is 10.2 Å². The maximum atomic E-state index is 5.83. The lowest BCUT2D eigenvalue weighted by Crippen LogP contribution is -1.84. The summed E-state index contributed by atoms with van der Waals surface area (Å²) in [5.74, 6) is 0.590. The molecule has 0 aliphatic heterocycles. The summed E-state index contributed by atoms with van der Waals surface area (Å²) >= 11 is 0. The average Bonchev–Trinajstić information content (AvgIpc) is 2.99. The van der Waals surface area contributed by atoms with Gasteiger partial charge in [0.25, 0.3) is 0 Å². The molecule has 0 bridgehead atoms. The Bertz CT molecular complexity index is 942. The lowest BCUT2D eigenvalue weighted by atomic mass is 10.1. The Kier molecular flexibility index (Phi) is 2.90. The molecule has 0 aliphatic rings. The molecule has 3 heteroatoms. The van der Waals surface area contributed by atoms with Gasteiger partial charge in [0.2, 0.25) is 5.89 Å². The van der Waals surface area contributed by atoms with E-state index in [1.54, 1.807) is 0 Å². The summed E-state index contributed by atoms with van der Waals surface area (Å²) in [6.07, 6.45) is 0. The Morgan fingerprint density at radius 2 is 1.55 bits per heavy atom. The van der Waals surface area contributed by atoms with Crippen LogP contribution >= 0.6 is 0 Å². The molecule has 3 nitrogen and oxygen atoms in total. The Morgan fingerprint density at radius 1 is 0.727 bits per heavy atom. The van der Waals surface area contributed by atoms with Crippen LogP contribution in [0.15, 0.2) is 77.2 Å². The molecule has 2 N–H and O–H groups in total. The number of hydrogen-bond donors (Lipinski definition) is 1. The Labute approximate surface area is 128 Å². The molecule has 0 unspecified atom stereocenters. The molecule has 1 aromatic heterocycles. The molecule has 3 aromatic carbocycles. The van der Waals surface area contributed by atoms with Gasteiger partial charge in [-0.2, -0.15) is 0 Å². The number of hydrogen-bond acceptors (Lipinski definition) is 3. The quantitative estimate of drug-likeness (QED) is 0.541. The molecular weight excluding hydrogens is 272 g/mol. The van der Waals surface area contributed by atoms with E-state index in [9.17, 15) is 0 Å². The van der Waals surface area contributed by atoms with Crippen molar-refractivity contribution in [2.24, 2.45) is 0 Å². The van der Waals surface area contributed by atoms with Crippen LogP contribution in [0.2, 0.25) is 0 Å². The smallest absolute Gasteiger partial charge is 0.227 e. The van der Waals surface area contributed by atoms with Crippen molar-refractivity contribution in [3.8, 4) is 22.6 Å². The SMILES string of the molecule is Nc1cccc(-c2nc3cc(-c4ccccc4)ccc3o2)c1. The van der Waals surface area contributed by atoms with Crippen molar-refractivity contribution in [2.45, 2.75) is 0 Å². The first-order valence-electron chi connectivity index (χ1n) is 7.11. The molecule has 0 fully saturated rings. The average molecular weight is 286 g/mol. The van der Waals surface area contributed by atoms with Gasteiger partial charge in [0.15, 0.2) is 5.58 Å². The van der Waals surface area contributed by atoms with Crippen LogP contribution in [0.1, 0.15) is 0 Å². The fourth-order valence-electron chi connectivity index (χ4n) is 2.53. The molecule has 0 aliphatic carbocycles. The van der Waals surface area contributed by atoms with Gasteiger partial charge in [0.05, 0.1) is 0 Å². The first-order valence-corrected chi connectivity index (χ1v) is 7.11. The number of benzene rings is 3. The van der Waals surface area contributed by atoms with E-state index in [1.807, 2.05) is 60.7 Å². The van der Waals surface area contributed by atoms with Crippen LogP contribution in [0, 0.1) is 0 Å². The van der Waals surface area contributed by atoms with E-state index in [0.717, 1.165) is 27.8 Å². The molecule has 0 atom stereocenters. The van der Waals surface area contributed by atoms with Crippen molar-refractivity contribution in [1.29, 1.82) is 0 Å². The normalized spacial score (nSPS) is 10.9. The fraction of sp³-hybridized carbons (Fsp3) is 0. The van der Waals surface area contributed by atoms with Crippen molar-refractivity contribution in [2.75, 3.05) is 5.73 Å². The summed E-state index contributed by atoms with van der Waals surface area (Å²) in [5.41, 5.74) is 11.3. The lowest BCUT2D eigenvalue weighted by Gasteiger charge is -1.99. The van der Waals surface area contributed by atoms with Crippen LogP contribution in [0.25, 0.3) is 33.7 Å². The zero-order valence-corrected chi connectivity index (χ0v) is 11.9. The summed E-state index contributed by atoms with van der Waals surface area (Å²) in [4.78, 5) is 4.59. The fourth-order valence-corrected chi connectivity index (χ4v) is 2.53. The summed E-state index contributed by atoms with van der Waals surface area (Å²) in [5, 5.41) is 0. The second-order valence-corrected chi connectivity index (χ2v) is 5.19. The molecule has 0 spiro atoms. The van der Waals surface area contributed by atoms with E-state index in [4.69, 9.17) is 10.2 Å². The molecule has 106 valence electrons. The predicted octanol–water partition coefficient (Wildman–Crippen LogP) is 4.74. The molecule has 0 saturated carbocycles. The molecular formula is C19H14N2O. The number of fused-ring (bicyclic) bond motifs is 1. The zero-order valence-electron chi connectivity index (χ0n) is 11.9. The van der Waals surface area contributed by atoms with Gasteiger partial charge in [-0.3, -0.25) is 0 Å². The van der Waals surface area contributed by atoms with Gasteiger partial charge >= 0.3 is 0 Å². The number of rotatable bonds is 2. The Hall–Kier alpha value is -3.07. The monoisotopic (exact) mass is 286 g/mol. The molecule has 0 radical (unpaired) electrons. The number of aromatic nitrogens is 1. The lowest BCUT2D eigenvalue weighted by molar-refractivity contribution is 0.620. The van der Waals surface area contributed by atoms with Crippen LogP contribution in [0.3, 0.4) is 0 Å². The summed E-state index contributed by atoms with van der Waals surface area (Å²) in [6, 6.07) is 23.8. The Morgan fingerprint density at radius 3 is 2.36 bits per heavy atom. The highest BCUT2D eigenvalue weighted by atomic mass is 16.3. The van der Waals surface area contributed by atoms with E-state index in [-0.39, 0.29) is 0 Å². The van der Waals surface area contributed by atoms with Gasteiger partial charge in [-0.1, -0.05) is 42.5 Å². The molecule has 22 heavy (non-hydrogen) atoms. The first-order chi connectivity index (χ1) is 10.8. The maximum absolute atomic E-state index is 5.83. The second kappa shape index (κ2) is 5.04. The molecule has 0 saturated heterocycles.